The van der Waals surface area contributed by atoms with E-state index in [1.807, 2.05) is 4.57 Å². The molecule has 1 fully saturated rings. The standard InChI is InChI=1S/C17H25N5O2/c1-11-9-21(12-7-5-4-6-8-12)16-18-14-13(22(16)10-11)15(23)20(3)17(24)19(14)2/h11-12H,4-10H2,1-3H3/t11-/m1/s1. The second-order valence-electron chi connectivity index (χ2n) is 7.45. The van der Waals surface area contributed by atoms with Crippen LogP contribution in [0.15, 0.2) is 9.59 Å². The third-order valence-corrected chi connectivity index (χ3v) is 5.60. The lowest BCUT2D eigenvalue weighted by Gasteiger charge is -2.40. The van der Waals surface area contributed by atoms with Gasteiger partial charge in [-0.2, -0.15) is 4.98 Å². The van der Waals surface area contributed by atoms with Gasteiger partial charge in [-0.3, -0.25) is 13.9 Å². The molecule has 7 nitrogen and oxygen atoms in total. The van der Waals surface area contributed by atoms with Crippen LogP contribution in [0.3, 0.4) is 0 Å². The minimum atomic E-state index is -0.319. The monoisotopic (exact) mass is 331 g/mol. The average Bonchev–Trinajstić information content (AvgIpc) is 2.97. The molecule has 0 bridgehead atoms. The average molecular weight is 331 g/mol. The number of anilines is 1. The molecule has 4 rings (SSSR count). The fourth-order valence-corrected chi connectivity index (χ4v) is 4.32. The van der Waals surface area contributed by atoms with E-state index in [1.165, 1.54) is 48.3 Å². The molecule has 1 atom stereocenters. The molecule has 1 saturated carbocycles. The van der Waals surface area contributed by atoms with E-state index in [2.05, 4.69) is 11.8 Å². The molecule has 3 heterocycles. The second-order valence-corrected chi connectivity index (χ2v) is 7.45. The molecule has 1 aliphatic carbocycles. The fourth-order valence-electron chi connectivity index (χ4n) is 4.32. The predicted molar refractivity (Wildman–Crippen MR) is 93.6 cm³/mol. The second kappa shape index (κ2) is 5.50. The summed E-state index contributed by atoms with van der Waals surface area (Å²) in [6.45, 7) is 3.97. The third-order valence-electron chi connectivity index (χ3n) is 5.60. The summed E-state index contributed by atoms with van der Waals surface area (Å²) in [6.07, 6.45) is 6.21. The first kappa shape index (κ1) is 15.5. The summed E-state index contributed by atoms with van der Waals surface area (Å²) < 4.78 is 4.72. The molecule has 0 N–H and O–H groups in total. The van der Waals surface area contributed by atoms with E-state index in [4.69, 9.17) is 4.98 Å². The first-order valence-electron chi connectivity index (χ1n) is 8.92. The summed E-state index contributed by atoms with van der Waals surface area (Å²) in [4.78, 5) is 32.1. The van der Waals surface area contributed by atoms with E-state index in [0.717, 1.165) is 19.0 Å². The SMILES string of the molecule is C[C@@H]1CN(C2CCCCC2)c2nc3c(c(=O)n(C)c(=O)n3C)n2C1. The van der Waals surface area contributed by atoms with Crippen molar-refractivity contribution in [3.63, 3.8) is 0 Å². The molecule has 2 aromatic rings. The summed E-state index contributed by atoms with van der Waals surface area (Å²) in [5.41, 5.74) is 0.500. The van der Waals surface area contributed by atoms with Crippen LogP contribution in [0.5, 0.6) is 0 Å². The summed E-state index contributed by atoms with van der Waals surface area (Å²) >= 11 is 0. The molecular formula is C17H25N5O2. The van der Waals surface area contributed by atoms with Crippen molar-refractivity contribution in [2.24, 2.45) is 20.0 Å². The molecule has 7 heteroatoms. The zero-order valence-corrected chi connectivity index (χ0v) is 14.7. The minimum Gasteiger partial charge on any atom is -0.339 e. The smallest absolute Gasteiger partial charge is 0.332 e. The van der Waals surface area contributed by atoms with Crippen LogP contribution in [0.4, 0.5) is 5.95 Å². The molecule has 0 unspecified atom stereocenters. The minimum absolute atomic E-state index is 0.246. The van der Waals surface area contributed by atoms with Gasteiger partial charge in [0.25, 0.3) is 5.56 Å². The zero-order chi connectivity index (χ0) is 17.0. The number of aryl methyl sites for hydroxylation is 1. The van der Waals surface area contributed by atoms with Crippen LogP contribution in [0.2, 0.25) is 0 Å². The van der Waals surface area contributed by atoms with Crippen molar-refractivity contribution in [2.75, 3.05) is 11.4 Å². The van der Waals surface area contributed by atoms with Gasteiger partial charge in [-0.15, -0.1) is 0 Å². The highest BCUT2D eigenvalue weighted by Crippen LogP contribution is 2.32. The van der Waals surface area contributed by atoms with Crippen molar-refractivity contribution in [2.45, 2.75) is 51.6 Å². The number of aromatic nitrogens is 4. The van der Waals surface area contributed by atoms with Crippen molar-refractivity contribution in [1.82, 2.24) is 18.7 Å². The van der Waals surface area contributed by atoms with Crippen LogP contribution in [0, 0.1) is 5.92 Å². The number of hydrogen-bond acceptors (Lipinski definition) is 4. The van der Waals surface area contributed by atoms with Gasteiger partial charge in [0.2, 0.25) is 5.95 Å². The van der Waals surface area contributed by atoms with Gasteiger partial charge in [0.1, 0.15) is 0 Å². The summed E-state index contributed by atoms with van der Waals surface area (Å²) in [5, 5.41) is 0. The molecule has 2 aromatic heterocycles. The fraction of sp³-hybridized carbons (Fsp3) is 0.706. The highest BCUT2D eigenvalue weighted by Gasteiger charge is 2.32. The number of fused-ring (bicyclic) bond motifs is 3. The molecule has 0 amide bonds. The maximum absolute atomic E-state index is 12.7. The van der Waals surface area contributed by atoms with E-state index in [-0.39, 0.29) is 11.2 Å². The van der Waals surface area contributed by atoms with Crippen molar-refractivity contribution >= 4 is 17.1 Å². The van der Waals surface area contributed by atoms with Gasteiger partial charge in [-0.05, 0) is 18.8 Å². The quantitative estimate of drug-likeness (QED) is 0.788. The zero-order valence-electron chi connectivity index (χ0n) is 14.7. The van der Waals surface area contributed by atoms with E-state index < -0.39 is 0 Å². The molecule has 2 aliphatic rings. The maximum Gasteiger partial charge on any atom is 0.332 e. The lowest BCUT2D eigenvalue weighted by Crippen LogP contribution is -2.45. The van der Waals surface area contributed by atoms with Crippen molar-refractivity contribution in [1.29, 1.82) is 0 Å². The number of nitrogens with zero attached hydrogens (tertiary/aromatic N) is 5. The highest BCUT2D eigenvalue weighted by atomic mass is 16.2. The number of hydrogen-bond donors (Lipinski definition) is 0. The van der Waals surface area contributed by atoms with Crippen LogP contribution in [0.1, 0.15) is 39.0 Å². The Kier molecular flexibility index (Phi) is 3.54. The van der Waals surface area contributed by atoms with E-state index in [1.54, 1.807) is 7.05 Å². The third kappa shape index (κ3) is 2.13. The van der Waals surface area contributed by atoms with E-state index >= 15 is 0 Å². The van der Waals surface area contributed by atoms with Crippen LogP contribution in [-0.4, -0.2) is 31.3 Å². The largest absolute Gasteiger partial charge is 0.339 e. The van der Waals surface area contributed by atoms with Crippen molar-refractivity contribution < 1.29 is 0 Å². The maximum atomic E-state index is 12.7. The van der Waals surface area contributed by atoms with Crippen molar-refractivity contribution in [3.8, 4) is 0 Å². The molecule has 130 valence electrons. The molecule has 24 heavy (non-hydrogen) atoms. The number of rotatable bonds is 1. The van der Waals surface area contributed by atoms with Gasteiger partial charge in [-0.25, -0.2) is 4.79 Å². The Morgan fingerprint density at radius 3 is 2.42 bits per heavy atom. The lowest BCUT2D eigenvalue weighted by molar-refractivity contribution is 0.354. The van der Waals surface area contributed by atoms with E-state index in [9.17, 15) is 9.59 Å². The molecule has 0 aromatic carbocycles. The van der Waals surface area contributed by atoms with Crippen molar-refractivity contribution in [3.05, 3.63) is 20.8 Å². The Hall–Kier alpha value is -2.05. The Bertz CT molecular complexity index is 900. The Morgan fingerprint density at radius 2 is 1.71 bits per heavy atom. The summed E-state index contributed by atoms with van der Waals surface area (Å²) in [6, 6.07) is 0.498. The predicted octanol–water partition coefficient (Wildman–Crippen LogP) is 1.22. The lowest BCUT2D eigenvalue weighted by atomic mass is 9.93. The summed E-state index contributed by atoms with van der Waals surface area (Å²) in [7, 11) is 3.23. The Labute approximate surface area is 140 Å². The van der Waals surface area contributed by atoms with Gasteiger partial charge in [0.15, 0.2) is 11.2 Å². The normalized spacial score (nSPS) is 22.1. The Balaban J connectivity index is 1.95. The first-order chi connectivity index (χ1) is 11.5. The molecule has 0 spiro atoms. The van der Waals surface area contributed by atoms with Gasteiger partial charge >= 0.3 is 5.69 Å². The topological polar surface area (TPSA) is 65.1 Å². The van der Waals surface area contributed by atoms with Gasteiger partial charge < -0.3 is 9.47 Å². The first-order valence-corrected chi connectivity index (χ1v) is 8.92. The molecular weight excluding hydrogens is 306 g/mol. The van der Waals surface area contributed by atoms with Crippen LogP contribution in [-0.2, 0) is 20.6 Å². The number of imidazole rings is 1. The Morgan fingerprint density at radius 1 is 1.00 bits per heavy atom. The summed E-state index contributed by atoms with van der Waals surface area (Å²) in [5.74, 6) is 1.33. The van der Waals surface area contributed by atoms with Gasteiger partial charge in [0, 0.05) is 33.2 Å². The van der Waals surface area contributed by atoms with Crippen LogP contribution >= 0.6 is 0 Å². The van der Waals surface area contributed by atoms with E-state index in [0.29, 0.717) is 23.1 Å². The van der Waals surface area contributed by atoms with Gasteiger partial charge in [-0.1, -0.05) is 26.2 Å². The van der Waals surface area contributed by atoms with Gasteiger partial charge in [0.05, 0.1) is 0 Å². The van der Waals surface area contributed by atoms with Crippen LogP contribution < -0.4 is 16.1 Å². The molecule has 1 aliphatic heterocycles. The molecule has 0 radical (unpaired) electrons. The van der Waals surface area contributed by atoms with Crippen LogP contribution in [0.25, 0.3) is 11.2 Å². The highest BCUT2D eigenvalue weighted by molar-refractivity contribution is 5.75. The molecule has 0 saturated heterocycles.